The SMILES string of the molecule is CCON=C(N)NC(C)OCC. The van der Waals surface area contributed by atoms with E-state index in [1.807, 2.05) is 20.8 Å². The van der Waals surface area contributed by atoms with Crippen molar-refractivity contribution in [3.05, 3.63) is 0 Å². The zero-order valence-corrected chi connectivity index (χ0v) is 7.83. The molecule has 3 N–H and O–H groups in total. The standard InChI is InChI=1S/C7H17N3O2/c1-4-11-6(3)9-7(8)10-12-5-2/h6H,4-5H2,1-3H3,(H3,8,9,10). The van der Waals surface area contributed by atoms with Gasteiger partial charge in [0.2, 0.25) is 5.96 Å². The van der Waals surface area contributed by atoms with Gasteiger partial charge < -0.3 is 20.6 Å². The summed E-state index contributed by atoms with van der Waals surface area (Å²) in [5, 5.41) is 6.36. The van der Waals surface area contributed by atoms with E-state index in [-0.39, 0.29) is 12.2 Å². The molecule has 0 saturated carbocycles. The second kappa shape index (κ2) is 6.72. The lowest BCUT2D eigenvalue weighted by Gasteiger charge is -2.13. The van der Waals surface area contributed by atoms with Crippen LogP contribution in [0.4, 0.5) is 0 Å². The number of rotatable bonds is 5. The largest absolute Gasteiger partial charge is 0.393 e. The molecule has 72 valence electrons. The van der Waals surface area contributed by atoms with Gasteiger partial charge in [-0.2, -0.15) is 0 Å². The Morgan fingerprint density at radius 2 is 2.17 bits per heavy atom. The molecule has 0 heterocycles. The first-order valence-electron chi connectivity index (χ1n) is 4.04. The highest BCUT2D eigenvalue weighted by atomic mass is 16.6. The lowest BCUT2D eigenvalue weighted by molar-refractivity contribution is 0.0641. The highest BCUT2D eigenvalue weighted by Crippen LogP contribution is 1.83. The normalized spacial score (nSPS) is 14.1. The Hall–Kier alpha value is -0.970. The first kappa shape index (κ1) is 11.0. The molecule has 0 rings (SSSR count). The Bertz CT molecular complexity index is 139. The van der Waals surface area contributed by atoms with Crippen molar-refractivity contribution in [1.82, 2.24) is 5.32 Å². The number of nitrogens with one attached hydrogen (secondary N) is 1. The van der Waals surface area contributed by atoms with E-state index in [4.69, 9.17) is 15.3 Å². The van der Waals surface area contributed by atoms with Crippen LogP contribution in [0, 0.1) is 0 Å². The van der Waals surface area contributed by atoms with Crippen LogP contribution in [-0.4, -0.2) is 25.4 Å². The maximum atomic E-state index is 5.42. The van der Waals surface area contributed by atoms with Crippen LogP contribution >= 0.6 is 0 Å². The Balaban J connectivity index is 3.59. The first-order chi connectivity index (χ1) is 5.70. The van der Waals surface area contributed by atoms with Gasteiger partial charge in [0.05, 0.1) is 0 Å². The molecular weight excluding hydrogens is 158 g/mol. The van der Waals surface area contributed by atoms with Gasteiger partial charge in [0.25, 0.3) is 0 Å². The molecule has 0 aliphatic heterocycles. The summed E-state index contributed by atoms with van der Waals surface area (Å²) in [4.78, 5) is 4.72. The molecule has 0 spiro atoms. The van der Waals surface area contributed by atoms with Crippen LogP contribution in [-0.2, 0) is 9.57 Å². The molecule has 0 aromatic rings. The van der Waals surface area contributed by atoms with Crippen LogP contribution < -0.4 is 11.1 Å². The van der Waals surface area contributed by atoms with E-state index in [0.29, 0.717) is 13.2 Å². The van der Waals surface area contributed by atoms with Gasteiger partial charge in [0.1, 0.15) is 12.8 Å². The third kappa shape index (κ3) is 5.79. The van der Waals surface area contributed by atoms with Crippen LogP contribution in [0.1, 0.15) is 20.8 Å². The maximum Gasteiger partial charge on any atom is 0.232 e. The smallest absolute Gasteiger partial charge is 0.232 e. The summed E-state index contributed by atoms with van der Waals surface area (Å²) in [6, 6.07) is 0. The topological polar surface area (TPSA) is 68.9 Å². The highest BCUT2D eigenvalue weighted by molar-refractivity contribution is 5.77. The number of hydrogen-bond donors (Lipinski definition) is 2. The van der Waals surface area contributed by atoms with E-state index in [0.717, 1.165) is 0 Å². The van der Waals surface area contributed by atoms with Crippen molar-refractivity contribution in [2.24, 2.45) is 10.9 Å². The van der Waals surface area contributed by atoms with Crippen LogP contribution in [0.25, 0.3) is 0 Å². The van der Waals surface area contributed by atoms with E-state index in [1.54, 1.807) is 0 Å². The molecule has 0 bridgehead atoms. The number of hydrogen-bond acceptors (Lipinski definition) is 3. The zero-order valence-electron chi connectivity index (χ0n) is 7.83. The number of guanidine groups is 1. The predicted molar refractivity (Wildman–Crippen MR) is 47.5 cm³/mol. The molecule has 0 aromatic carbocycles. The van der Waals surface area contributed by atoms with Crippen molar-refractivity contribution >= 4 is 5.96 Å². The van der Waals surface area contributed by atoms with E-state index in [2.05, 4.69) is 10.5 Å². The van der Waals surface area contributed by atoms with Crippen molar-refractivity contribution < 1.29 is 9.57 Å². The summed E-state index contributed by atoms with van der Waals surface area (Å²) in [7, 11) is 0. The number of ether oxygens (including phenoxy) is 1. The number of nitrogens with zero attached hydrogens (tertiary/aromatic N) is 1. The predicted octanol–water partition coefficient (Wildman–Crippen LogP) is 0.225. The monoisotopic (exact) mass is 175 g/mol. The van der Waals surface area contributed by atoms with Crippen LogP contribution in [0.15, 0.2) is 5.16 Å². The second-order valence-corrected chi connectivity index (χ2v) is 2.14. The number of nitrogens with two attached hydrogens (primary N) is 1. The van der Waals surface area contributed by atoms with Gasteiger partial charge in [-0.3, -0.25) is 0 Å². The van der Waals surface area contributed by atoms with Gasteiger partial charge in [0.15, 0.2) is 0 Å². The Labute approximate surface area is 72.9 Å². The van der Waals surface area contributed by atoms with Gasteiger partial charge in [0, 0.05) is 6.61 Å². The molecule has 1 atom stereocenters. The fourth-order valence-electron chi connectivity index (χ4n) is 0.660. The van der Waals surface area contributed by atoms with Crippen LogP contribution in [0.3, 0.4) is 0 Å². The fourth-order valence-corrected chi connectivity index (χ4v) is 0.660. The lowest BCUT2D eigenvalue weighted by atomic mass is 10.6. The molecule has 0 amide bonds. The highest BCUT2D eigenvalue weighted by Gasteiger charge is 2.00. The minimum atomic E-state index is -0.140. The van der Waals surface area contributed by atoms with Gasteiger partial charge in [-0.1, -0.05) is 0 Å². The molecule has 0 aromatic heterocycles. The van der Waals surface area contributed by atoms with Gasteiger partial charge in [-0.25, -0.2) is 0 Å². The van der Waals surface area contributed by atoms with E-state index in [9.17, 15) is 0 Å². The van der Waals surface area contributed by atoms with Crippen LogP contribution in [0.2, 0.25) is 0 Å². The van der Waals surface area contributed by atoms with E-state index < -0.39 is 0 Å². The molecule has 5 nitrogen and oxygen atoms in total. The fraction of sp³-hybridized carbons (Fsp3) is 0.857. The Morgan fingerprint density at radius 3 is 2.67 bits per heavy atom. The Morgan fingerprint density at radius 1 is 1.50 bits per heavy atom. The van der Waals surface area contributed by atoms with Gasteiger partial charge in [-0.15, -0.1) is 0 Å². The maximum absolute atomic E-state index is 5.42. The van der Waals surface area contributed by atoms with Crippen molar-refractivity contribution in [1.29, 1.82) is 0 Å². The quantitative estimate of drug-likeness (QED) is 0.271. The van der Waals surface area contributed by atoms with E-state index in [1.165, 1.54) is 0 Å². The summed E-state index contributed by atoms with van der Waals surface area (Å²) in [5.41, 5.74) is 5.42. The lowest BCUT2D eigenvalue weighted by Crippen LogP contribution is -2.39. The van der Waals surface area contributed by atoms with Crippen molar-refractivity contribution in [2.75, 3.05) is 13.2 Å². The second-order valence-electron chi connectivity index (χ2n) is 2.14. The molecule has 0 fully saturated rings. The molecule has 1 unspecified atom stereocenters. The molecular formula is C7H17N3O2. The molecule has 0 saturated heterocycles. The summed E-state index contributed by atoms with van der Waals surface area (Å²) < 4.78 is 5.16. The van der Waals surface area contributed by atoms with Crippen LogP contribution in [0.5, 0.6) is 0 Å². The average molecular weight is 175 g/mol. The summed E-state index contributed by atoms with van der Waals surface area (Å²) in [5.74, 6) is 0.234. The molecule has 12 heavy (non-hydrogen) atoms. The van der Waals surface area contributed by atoms with Crippen molar-refractivity contribution in [3.8, 4) is 0 Å². The minimum Gasteiger partial charge on any atom is -0.393 e. The Kier molecular flexibility index (Phi) is 6.18. The summed E-state index contributed by atoms with van der Waals surface area (Å²) in [6.45, 7) is 6.73. The number of oxime groups is 1. The molecule has 0 aliphatic carbocycles. The average Bonchev–Trinajstić information content (AvgIpc) is 2.01. The minimum absolute atomic E-state index is 0.140. The van der Waals surface area contributed by atoms with Crippen molar-refractivity contribution in [3.63, 3.8) is 0 Å². The molecule has 5 heteroatoms. The third-order valence-corrected chi connectivity index (χ3v) is 1.06. The van der Waals surface area contributed by atoms with Gasteiger partial charge >= 0.3 is 0 Å². The summed E-state index contributed by atoms with van der Waals surface area (Å²) >= 11 is 0. The third-order valence-electron chi connectivity index (χ3n) is 1.06. The molecule has 0 radical (unpaired) electrons. The molecule has 0 aliphatic rings. The zero-order chi connectivity index (χ0) is 9.40. The van der Waals surface area contributed by atoms with Crippen molar-refractivity contribution in [2.45, 2.75) is 27.0 Å². The summed E-state index contributed by atoms with van der Waals surface area (Å²) in [6.07, 6.45) is -0.140. The van der Waals surface area contributed by atoms with Gasteiger partial charge in [-0.05, 0) is 25.9 Å². The van der Waals surface area contributed by atoms with E-state index >= 15 is 0 Å². The first-order valence-corrected chi connectivity index (χ1v) is 4.04.